The highest BCUT2D eigenvalue weighted by molar-refractivity contribution is 8.00. The zero-order valence-corrected chi connectivity index (χ0v) is 18.6. The average Bonchev–Trinajstić information content (AvgIpc) is 2.64. The largest absolute Gasteiger partial charge is 0.495 e. The highest BCUT2D eigenvalue weighted by atomic mass is 35.5. The van der Waals surface area contributed by atoms with Crippen molar-refractivity contribution >= 4 is 45.0 Å². The Bertz CT molecular complexity index is 964. The molecule has 1 N–H and O–H groups in total. The quantitative estimate of drug-likeness (QED) is 0.659. The van der Waals surface area contributed by atoms with Crippen LogP contribution in [0.4, 0.5) is 5.69 Å². The van der Waals surface area contributed by atoms with Crippen LogP contribution in [-0.2, 0) is 14.8 Å². The van der Waals surface area contributed by atoms with Crippen LogP contribution in [0.25, 0.3) is 0 Å². The third-order valence-electron chi connectivity index (χ3n) is 3.89. The lowest BCUT2D eigenvalue weighted by molar-refractivity contribution is -0.115. The molecular formula is C18H22ClN3O4S2. The molecule has 1 aromatic heterocycles. The third-order valence-corrected chi connectivity index (χ3v) is 7.15. The van der Waals surface area contributed by atoms with E-state index in [-0.39, 0.29) is 10.8 Å². The smallest absolute Gasteiger partial charge is 0.244 e. The first-order chi connectivity index (χ1) is 13.1. The maximum Gasteiger partial charge on any atom is 0.244 e. The number of ether oxygens (including phenoxy) is 1. The predicted molar refractivity (Wildman–Crippen MR) is 112 cm³/mol. The van der Waals surface area contributed by atoms with E-state index < -0.39 is 15.3 Å². The van der Waals surface area contributed by atoms with Crippen molar-refractivity contribution in [2.45, 2.75) is 29.0 Å². The first-order valence-electron chi connectivity index (χ1n) is 8.26. The molecule has 2 rings (SSSR count). The Labute approximate surface area is 174 Å². The summed E-state index contributed by atoms with van der Waals surface area (Å²) in [6, 6.07) is 6.45. The number of rotatable bonds is 7. The topological polar surface area (TPSA) is 88.6 Å². The number of hydrogen-bond donors (Lipinski definition) is 1. The van der Waals surface area contributed by atoms with Crippen molar-refractivity contribution in [2.75, 3.05) is 26.5 Å². The molecule has 0 fully saturated rings. The van der Waals surface area contributed by atoms with Gasteiger partial charge < -0.3 is 10.1 Å². The Morgan fingerprint density at radius 2 is 2.00 bits per heavy atom. The van der Waals surface area contributed by atoms with E-state index in [9.17, 15) is 13.2 Å². The van der Waals surface area contributed by atoms with E-state index in [0.29, 0.717) is 21.5 Å². The van der Waals surface area contributed by atoms with Crippen molar-refractivity contribution in [2.24, 2.45) is 0 Å². The highest BCUT2D eigenvalue weighted by Gasteiger charge is 2.20. The van der Waals surface area contributed by atoms with Crippen molar-refractivity contribution in [1.29, 1.82) is 0 Å². The predicted octanol–water partition coefficient (Wildman–Crippen LogP) is 3.42. The maximum absolute atomic E-state index is 12.5. The number of sulfonamides is 1. The van der Waals surface area contributed by atoms with Gasteiger partial charge in [0.1, 0.15) is 10.6 Å². The molecule has 0 spiro atoms. The number of carbonyl (C=O) groups is 1. The van der Waals surface area contributed by atoms with E-state index >= 15 is 0 Å². The van der Waals surface area contributed by atoms with Crippen LogP contribution in [0.1, 0.15) is 12.5 Å². The van der Waals surface area contributed by atoms with Crippen LogP contribution in [-0.4, -0.2) is 50.1 Å². The molecule has 0 aliphatic heterocycles. The number of nitrogens with zero attached hydrogens (tertiary/aromatic N) is 2. The number of methoxy groups -OCH3 is 1. The minimum atomic E-state index is -3.54. The third kappa shape index (κ3) is 5.16. The Morgan fingerprint density at radius 3 is 2.54 bits per heavy atom. The number of halogens is 1. The number of carbonyl (C=O) groups excluding carboxylic acids is 1. The molecule has 0 saturated heterocycles. The number of aryl methyl sites for hydroxylation is 1. The van der Waals surface area contributed by atoms with Crippen LogP contribution < -0.4 is 10.1 Å². The molecule has 152 valence electrons. The number of aromatic nitrogens is 1. The van der Waals surface area contributed by atoms with Crippen LogP contribution in [0, 0.1) is 6.92 Å². The van der Waals surface area contributed by atoms with Crippen LogP contribution >= 0.6 is 23.4 Å². The van der Waals surface area contributed by atoms with E-state index in [4.69, 9.17) is 16.3 Å². The molecule has 0 saturated carbocycles. The SMILES string of the molecule is COc1cc(Cl)c(C)cc1NC(=O)C(C)Sc1ccc(S(=O)(=O)N(C)C)cn1. The fourth-order valence-corrected chi connectivity index (χ4v) is 3.99. The van der Waals surface area contributed by atoms with Gasteiger partial charge in [-0.25, -0.2) is 17.7 Å². The molecule has 0 aliphatic carbocycles. The monoisotopic (exact) mass is 443 g/mol. The van der Waals surface area contributed by atoms with E-state index in [0.717, 1.165) is 9.87 Å². The van der Waals surface area contributed by atoms with Gasteiger partial charge in [-0.2, -0.15) is 0 Å². The summed E-state index contributed by atoms with van der Waals surface area (Å²) in [5.74, 6) is 0.231. The number of pyridine rings is 1. The highest BCUT2D eigenvalue weighted by Crippen LogP contribution is 2.32. The number of thioether (sulfide) groups is 1. The second-order valence-electron chi connectivity index (χ2n) is 6.17. The van der Waals surface area contributed by atoms with E-state index in [1.807, 2.05) is 6.92 Å². The van der Waals surface area contributed by atoms with Gasteiger partial charge >= 0.3 is 0 Å². The van der Waals surface area contributed by atoms with Gasteiger partial charge in [0.2, 0.25) is 15.9 Å². The fraction of sp³-hybridized carbons (Fsp3) is 0.333. The van der Waals surface area contributed by atoms with Crippen molar-refractivity contribution < 1.29 is 17.9 Å². The number of amides is 1. The Morgan fingerprint density at radius 1 is 1.32 bits per heavy atom. The summed E-state index contributed by atoms with van der Waals surface area (Å²) >= 11 is 7.31. The molecule has 2 aromatic rings. The second-order valence-corrected chi connectivity index (χ2v) is 10.1. The average molecular weight is 444 g/mol. The minimum absolute atomic E-state index is 0.0975. The van der Waals surface area contributed by atoms with E-state index in [1.165, 1.54) is 45.2 Å². The van der Waals surface area contributed by atoms with E-state index in [1.54, 1.807) is 25.1 Å². The summed E-state index contributed by atoms with van der Waals surface area (Å²) in [6.45, 7) is 3.57. The zero-order chi connectivity index (χ0) is 21.1. The molecule has 0 aliphatic rings. The molecule has 1 heterocycles. The summed E-state index contributed by atoms with van der Waals surface area (Å²) in [4.78, 5) is 16.8. The molecule has 0 bridgehead atoms. The number of anilines is 1. The molecule has 7 nitrogen and oxygen atoms in total. The zero-order valence-electron chi connectivity index (χ0n) is 16.2. The maximum atomic E-state index is 12.5. The number of hydrogen-bond acceptors (Lipinski definition) is 6. The molecule has 1 atom stereocenters. The summed E-state index contributed by atoms with van der Waals surface area (Å²) < 4.78 is 30.5. The lowest BCUT2D eigenvalue weighted by Gasteiger charge is -2.15. The van der Waals surface area contributed by atoms with Gasteiger partial charge in [-0.05, 0) is 37.6 Å². The first-order valence-corrected chi connectivity index (χ1v) is 11.0. The molecule has 1 aromatic carbocycles. The first kappa shape index (κ1) is 22.5. The molecule has 1 amide bonds. The van der Waals surface area contributed by atoms with Crippen LogP contribution in [0.15, 0.2) is 40.4 Å². The van der Waals surface area contributed by atoms with Crippen molar-refractivity contribution in [3.63, 3.8) is 0 Å². The summed E-state index contributed by atoms with van der Waals surface area (Å²) in [6.07, 6.45) is 1.29. The van der Waals surface area contributed by atoms with Gasteiger partial charge in [0.15, 0.2) is 0 Å². The lowest BCUT2D eigenvalue weighted by atomic mass is 10.2. The minimum Gasteiger partial charge on any atom is -0.495 e. The van der Waals surface area contributed by atoms with Crippen LogP contribution in [0.2, 0.25) is 5.02 Å². The van der Waals surface area contributed by atoms with E-state index in [2.05, 4.69) is 10.3 Å². The van der Waals surface area contributed by atoms with Crippen molar-refractivity contribution in [3.8, 4) is 5.75 Å². The number of benzene rings is 1. The molecular weight excluding hydrogens is 422 g/mol. The second kappa shape index (κ2) is 9.13. The number of nitrogens with one attached hydrogen (secondary N) is 1. The fourth-order valence-electron chi connectivity index (χ4n) is 2.20. The van der Waals surface area contributed by atoms with Gasteiger partial charge in [0.25, 0.3) is 0 Å². The summed E-state index contributed by atoms with van der Waals surface area (Å²) in [5, 5.41) is 3.45. The summed E-state index contributed by atoms with van der Waals surface area (Å²) in [5.41, 5.74) is 1.35. The lowest BCUT2D eigenvalue weighted by Crippen LogP contribution is -2.23. The molecule has 1 unspecified atom stereocenters. The Kier molecular flexibility index (Phi) is 7.33. The van der Waals surface area contributed by atoms with Crippen LogP contribution in [0.3, 0.4) is 0 Å². The van der Waals surface area contributed by atoms with Crippen molar-refractivity contribution in [1.82, 2.24) is 9.29 Å². The van der Waals surface area contributed by atoms with Gasteiger partial charge in [0, 0.05) is 31.4 Å². The van der Waals surface area contributed by atoms with Crippen LogP contribution in [0.5, 0.6) is 5.75 Å². The Hall–Kier alpha value is -1.81. The van der Waals surface area contributed by atoms with Gasteiger partial charge in [-0.3, -0.25) is 4.79 Å². The van der Waals surface area contributed by atoms with Gasteiger partial charge in [-0.1, -0.05) is 23.4 Å². The van der Waals surface area contributed by atoms with Gasteiger partial charge in [0.05, 0.1) is 23.1 Å². The standard InChI is InChI=1S/C18H22ClN3O4S2/c1-11-8-15(16(26-5)9-14(11)19)21-18(23)12(2)27-17-7-6-13(10-20-17)28(24,25)22(3)4/h6-10,12H,1-5H3,(H,21,23). The van der Waals surface area contributed by atoms with Crippen molar-refractivity contribution in [3.05, 3.63) is 41.0 Å². The molecule has 28 heavy (non-hydrogen) atoms. The summed E-state index contributed by atoms with van der Waals surface area (Å²) in [7, 11) is 0.876. The van der Waals surface area contributed by atoms with Gasteiger partial charge in [-0.15, -0.1) is 0 Å². The molecule has 10 heteroatoms. The normalized spacial score (nSPS) is 12.7. The Balaban J connectivity index is 2.10. The molecule has 0 radical (unpaired) electrons.